The van der Waals surface area contributed by atoms with Gasteiger partial charge in [-0.3, -0.25) is 0 Å². The van der Waals surface area contributed by atoms with Crippen LogP contribution in [-0.2, 0) is 13.2 Å². The first-order chi connectivity index (χ1) is 9.24. The second kappa shape index (κ2) is 5.03. The number of aromatic nitrogens is 1. The van der Waals surface area contributed by atoms with Crippen molar-refractivity contribution < 1.29 is 9.32 Å². The zero-order valence-corrected chi connectivity index (χ0v) is 11.4. The smallest absolute Gasteiger partial charge is 0.408 e. The summed E-state index contributed by atoms with van der Waals surface area (Å²) in [4.78, 5) is 13.1. The second-order valence-corrected chi connectivity index (χ2v) is 5.47. The molecule has 0 fully saturated rings. The molecule has 0 saturated carbocycles. The van der Waals surface area contributed by atoms with Crippen molar-refractivity contribution in [1.29, 1.82) is 0 Å². The van der Waals surface area contributed by atoms with E-state index in [1.165, 1.54) is 10.5 Å². The van der Waals surface area contributed by atoms with E-state index in [1.54, 1.807) is 15.9 Å². The first-order valence-corrected chi connectivity index (χ1v) is 7.09. The molecule has 1 atom stereocenters. The third-order valence-electron chi connectivity index (χ3n) is 3.09. The molecule has 0 saturated heterocycles. The van der Waals surface area contributed by atoms with E-state index in [-0.39, 0.29) is 5.76 Å². The highest BCUT2D eigenvalue weighted by Gasteiger charge is 2.12. The molecule has 3 rings (SSSR count). The molecule has 2 heterocycles. The molecule has 3 aromatic rings. The maximum atomic E-state index is 11.9. The van der Waals surface area contributed by atoms with E-state index in [0.717, 1.165) is 12.1 Å². The van der Waals surface area contributed by atoms with Crippen LogP contribution in [0.5, 0.6) is 0 Å². The van der Waals surface area contributed by atoms with E-state index >= 15 is 0 Å². The van der Waals surface area contributed by atoms with Gasteiger partial charge in [0.25, 0.3) is 0 Å². The molecule has 0 amide bonds. The van der Waals surface area contributed by atoms with E-state index in [2.05, 4.69) is 23.9 Å². The third kappa shape index (κ3) is 2.47. The Morgan fingerprint density at radius 2 is 2.16 bits per heavy atom. The van der Waals surface area contributed by atoms with Gasteiger partial charge in [-0.05, 0) is 29.0 Å². The van der Waals surface area contributed by atoms with Crippen molar-refractivity contribution >= 4 is 22.4 Å². The standard InChI is InChI=1S/C14H14N2O2S/c1-15(8-11-6-7-19-9-11)10-16-12-4-2-3-5-13(12)18-14(16)17/h2-7,9H,8,10H2,1H3/p+1. The average Bonchev–Trinajstić information content (AvgIpc) is 2.99. The van der Waals surface area contributed by atoms with E-state index < -0.39 is 0 Å². The monoisotopic (exact) mass is 275 g/mol. The minimum absolute atomic E-state index is 0.286. The molecule has 98 valence electrons. The summed E-state index contributed by atoms with van der Waals surface area (Å²) in [7, 11) is 2.08. The Kier molecular flexibility index (Phi) is 3.23. The minimum Gasteiger partial charge on any atom is -0.408 e. The van der Waals surface area contributed by atoms with Crippen molar-refractivity contribution in [1.82, 2.24) is 4.57 Å². The Morgan fingerprint density at radius 3 is 2.95 bits per heavy atom. The van der Waals surface area contributed by atoms with Gasteiger partial charge in [-0.15, -0.1) is 0 Å². The molecule has 0 aliphatic heterocycles. The molecule has 0 bridgehead atoms. The maximum Gasteiger partial charge on any atom is 0.424 e. The number of fused-ring (bicyclic) bond motifs is 1. The van der Waals surface area contributed by atoms with Gasteiger partial charge in [-0.25, -0.2) is 9.36 Å². The zero-order chi connectivity index (χ0) is 13.2. The van der Waals surface area contributed by atoms with E-state index in [0.29, 0.717) is 12.3 Å². The summed E-state index contributed by atoms with van der Waals surface area (Å²) in [6.07, 6.45) is 0. The number of thiophene rings is 1. The molecule has 0 aliphatic carbocycles. The Hall–Kier alpha value is -1.85. The summed E-state index contributed by atoms with van der Waals surface area (Å²) in [6, 6.07) is 9.64. The molecule has 0 aliphatic rings. The molecular weight excluding hydrogens is 260 g/mol. The fourth-order valence-electron chi connectivity index (χ4n) is 2.23. The number of benzene rings is 1. The number of oxazole rings is 1. The highest BCUT2D eigenvalue weighted by atomic mass is 32.1. The fraction of sp³-hybridized carbons (Fsp3) is 0.214. The lowest BCUT2D eigenvalue weighted by Gasteiger charge is -2.13. The van der Waals surface area contributed by atoms with Crippen LogP contribution in [0.15, 0.2) is 50.3 Å². The van der Waals surface area contributed by atoms with E-state index in [4.69, 9.17) is 4.42 Å². The largest absolute Gasteiger partial charge is 0.424 e. The van der Waals surface area contributed by atoms with Crippen LogP contribution in [-0.4, -0.2) is 11.6 Å². The molecule has 4 nitrogen and oxygen atoms in total. The summed E-state index contributed by atoms with van der Waals surface area (Å²) in [5, 5.41) is 4.21. The van der Waals surface area contributed by atoms with Gasteiger partial charge in [0.05, 0.1) is 12.6 Å². The molecule has 1 N–H and O–H groups in total. The highest BCUT2D eigenvalue weighted by molar-refractivity contribution is 7.07. The second-order valence-electron chi connectivity index (χ2n) is 4.69. The predicted octanol–water partition coefficient (Wildman–Crippen LogP) is 1.33. The number of nitrogens with zero attached hydrogens (tertiary/aromatic N) is 1. The van der Waals surface area contributed by atoms with Gasteiger partial charge in [0, 0.05) is 5.56 Å². The van der Waals surface area contributed by atoms with Crippen molar-refractivity contribution in [3.8, 4) is 0 Å². The van der Waals surface area contributed by atoms with Gasteiger partial charge in [-0.1, -0.05) is 12.1 Å². The lowest BCUT2D eigenvalue weighted by Crippen LogP contribution is -3.07. The number of nitrogens with one attached hydrogen (secondary N) is 1. The lowest BCUT2D eigenvalue weighted by atomic mass is 10.3. The van der Waals surface area contributed by atoms with Gasteiger partial charge >= 0.3 is 5.76 Å². The molecule has 0 spiro atoms. The van der Waals surface area contributed by atoms with Crippen LogP contribution >= 0.6 is 11.3 Å². The first kappa shape index (κ1) is 12.2. The summed E-state index contributed by atoms with van der Waals surface area (Å²) in [5.74, 6) is -0.286. The SMILES string of the molecule is C[NH+](Cc1ccsc1)Cn1c(=O)oc2ccccc21. The summed E-state index contributed by atoms with van der Waals surface area (Å²) in [5.41, 5.74) is 2.80. The summed E-state index contributed by atoms with van der Waals surface area (Å²) >= 11 is 1.69. The molecular formula is C14H15N2O2S+. The van der Waals surface area contributed by atoms with Gasteiger partial charge in [0.15, 0.2) is 12.3 Å². The predicted molar refractivity (Wildman–Crippen MR) is 75.4 cm³/mol. The van der Waals surface area contributed by atoms with Crippen molar-refractivity contribution in [2.75, 3.05) is 7.05 Å². The fourth-order valence-corrected chi connectivity index (χ4v) is 2.90. The minimum atomic E-state index is -0.286. The normalized spacial score (nSPS) is 12.9. The number of para-hydroxylation sites is 2. The van der Waals surface area contributed by atoms with Gasteiger partial charge in [0.2, 0.25) is 0 Å². The van der Waals surface area contributed by atoms with Gasteiger partial charge in [-0.2, -0.15) is 11.3 Å². The summed E-state index contributed by atoms with van der Waals surface area (Å²) in [6.45, 7) is 1.50. The lowest BCUT2D eigenvalue weighted by molar-refractivity contribution is -0.916. The van der Waals surface area contributed by atoms with Crippen LogP contribution in [0.3, 0.4) is 0 Å². The topological polar surface area (TPSA) is 39.6 Å². The Bertz CT molecular complexity index is 727. The molecule has 0 radical (unpaired) electrons. The Balaban J connectivity index is 1.85. The van der Waals surface area contributed by atoms with E-state index in [1.807, 2.05) is 24.3 Å². The van der Waals surface area contributed by atoms with Crippen LogP contribution in [0.1, 0.15) is 5.56 Å². The van der Waals surface area contributed by atoms with Crippen molar-refractivity contribution in [3.63, 3.8) is 0 Å². The van der Waals surface area contributed by atoms with Crippen molar-refractivity contribution in [3.05, 3.63) is 57.2 Å². The van der Waals surface area contributed by atoms with Gasteiger partial charge < -0.3 is 9.32 Å². The number of rotatable bonds is 4. The first-order valence-electron chi connectivity index (χ1n) is 6.15. The van der Waals surface area contributed by atoms with Crippen LogP contribution < -0.4 is 10.7 Å². The molecule has 5 heteroatoms. The quantitative estimate of drug-likeness (QED) is 0.780. The molecule has 2 aromatic heterocycles. The van der Waals surface area contributed by atoms with Crippen LogP contribution in [0.25, 0.3) is 11.1 Å². The maximum absolute atomic E-state index is 11.9. The van der Waals surface area contributed by atoms with Crippen LogP contribution in [0.4, 0.5) is 0 Å². The highest BCUT2D eigenvalue weighted by Crippen LogP contribution is 2.10. The van der Waals surface area contributed by atoms with Crippen LogP contribution in [0.2, 0.25) is 0 Å². The summed E-state index contributed by atoms with van der Waals surface area (Å²) < 4.78 is 6.92. The van der Waals surface area contributed by atoms with E-state index in [9.17, 15) is 4.79 Å². The van der Waals surface area contributed by atoms with Crippen LogP contribution in [0, 0.1) is 0 Å². The van der Waals surface area contributed by atoms with Gasteiger partial charge in [0.1, 0.15) is 6.54 Å². The number of hydrogen-bond acceptors (Lipinski definition) is 3. The Morgan fingerprint density at radius 1 is 1.32 bits per heavy atom. The molecule has 19 heavy (non-hydrogen) atoms. The zero-order valence-electron chi connectivity index (χ0n) is 10.6. The Labute approximate surface area is 114 Å². The van der Waals surface area contributed by atoms with Crippen molar-refractivity contribution in [2.24, 2.45) is 0 Å². The molecule has 1 unspecified atom stereocenters. The average molecular weight is 275 g/mol. The van der Waals surface area contributed by atoms with Crippen molar-refractivity contribution in [2.45, 2.75) is 13.2 Å². The number of quaternary nitrogens is 1. The third-order valence-corrected chi connectivity index (χ3v) is 3.82. The molecule has 1 aromatic carbocycles. The number of hydrogen-bond donors (Lipinski definition) is 1.